The highest BCUT2D eigenvalue weighted by Crippen LogP contribution is 2.15. The van der Waals surface area contributed by atoms with E-state index < -0.39 is 5.97 Å². The first kappa shape index (κ1) is 9.58. The summed E-state index contributed by atoms with van der Waals surface area (Å²) < 4.78 is 0. The summed E-state index contributed by atoms with van der Waals surface area (Å²) in [4.78, 5) is 18.7. The first-order valence-electron chi connectivity index (χ1n) is 4.68. The van der Waals surface area contributed by atoms with E-state index in [1.165, 1.54) is 0 Å². The molecule has 0 bridgehead atoms. The highest BCUT2D eigenvalue weighted by molar-refractivity contribution is 5.79. The van der Waals surface area contributed by atoms with Crippen molar-refractivity contribution in [2.75, 3.05) is 0 Å². The maximum absolute atomic E-state index is 10.5. The first-order valence-corrected chi connectivity index (χ1v) is 4.68. The van der Waals surface area contributed by atoms with E-state index in [2.05, 4.69) is 9.97 Å². The molecule has 0 atom stereocenters. The van der Waals surface area contributed by atoms with Gasteiger partial charge in [0.15, 0.2) is 5.65 Å². The highest BCUT2D eigenvalue weighted by Gasteiger charge is 2.04. The van der Waals surface area contributed by atoms with Crippen LogP contribution in [0, 0.1) is 0 Å². The van der Waals surface area contributed by atoms with E-state index in [4.69, 9.17) is 5.11 Å². The zero-order valence-corrected chi connectivity index (χ0v) is 8.05. The van der Waals surface area contributed by atoms with Crippen LogP contribution in [0.1, 0.15) is 12.0 Å². The summed E-state index contributed by atoms with van der Waals surface area (Å²) in [5.74, 6) is -0.788. The lowest BCUT2D eigenvalue weighted by atomic mass is 10.1. The summed E-state index contributed by atoms with van der Waals surface area (Å²) in [5, 5.41) is 9.55. The second kappa shape index (κ2) is 4.04. The Morgan fingerprint density at radius 3 is 2.87 bits per heavy atom. The standard InChI is InChI=1S/C11H10N2O2/c14-10(15)4-3-8-5-7-13-11-9(8)2-1-6-12-11/h1-2,5-7H,3-4H2,(H,14,15). The Morgan fingerprint density at radius 2 is 2.07 bits per heavy atom. The second-order valence-electron chi connectivity index (χ2n) is 3.24. The number of carboxylic acid groups (broad SMARTS) is 1. The van der Waals surface area contributed by atoms with Gasteiger partial charge in [0.2, 0.25) is 0 Å². The van der Waals surface area contributed by atoms with Crippen LogP contribution in [0.25, 0.3) is 11.0 Å². The zero-order chi connectivity index (χ0) is 10.7. The molecule has 2 rings (SSSR count). The summed E-state index contributed by atoms with van der Waals surface area (Å²) in [7, 11) is 0. The third kappa shape index (κ3) is 2.10. The van der Waals surface area contributed by atoms with Gasteiger partial charge in [0.05, 0.1) is 0 Å². The number of rotatable bonds is 3. The van der Waals surface area contributed by atoms with Gasteiger partial charge in [-0.05, 0) is 30.2 Å². The van der Waals surface area contributed by atoms with E-state index in [-0.39, 0.29) is 6.42 Å². The lowest BCUT2D eigenvalue weighted by molar-refractivity contribution is -0.136. The molecule has 4 nitrogen and oxygen atoms in total. The van der Waals surface area contributed by atoms with Gasteiger partial charge in [0.1, 0.15) is 0 Å². The number of hydrogen-bond acceptors (Lipinski definition) is 3. The molecule has 15 heavy (non-hydrogen) atoms. The molecule has 2 aromatic rings. The lowest BCUT2D eigenvalue weighted by Crippen LogP contribution is -1.98. The molecule has 76 valence electrons. The fourth-order valence-corrected chi connectivity index (χ4v) is 1.50. The molecular weight excluding hydrogens is 192 g/mol. The number of carbonyl (C=O) groups is 1. The van der Waals surface area contributed by atoms with E-state index in [1.54, 1.807) is 12.4 Å². The molecule has 0 aliphatic heterocycles. The second-order valence-corrected chi connectivity index (χ2v) is 3.24. The van der Waals surface area contributed by atoms with Crippen molar-refractivity contribution in [1.82, 2.24) is 9.97 Å². The van der Waals surface area contributed by atoms with Gasteiger partial charge in [0.25, 0.3) is 0 Å². The normalized spacial score (nSPS) is 10.4. The Bertz CT molecular complexity index is 491. The van der Waals surface area contributed by atoms with Crippen LogP contribution in [0.2, 0.25) is 0 Å². The number of aromatic nitrogens is 2. The molecule has 2 heterocycles. The van der Waals surface area contributed by atoms with E-state index in [1.807, 2.05) is 18.2 Å². The summed E-state index contributed by atoms with van der Waals surface area (Å²) in [6.45, 7) is 0. The van der Waals surface area contributed by atoms with E-state index >= 15 is 0 Å². The maximum atomic E-state index is 10.5. The van der Waals surface area contributed by atoms with Gasteiger partial charge in [-0.2, -0.15) is 0 Å². The molecule has 0 saturated heterocycles. The number of aryl methyl sites for hydroxylation is 1. The number of nitrogens with zero attached hydrogens (tertiary/aromatic N) is 2. The average Bonchev–Trinajstić information content (AvgIpc) is 2.26. The van der Waals surface area contributed by atoms with Crippen molar-refractivity contribution >= 4 is 17.0 Å². The number of fused-ring (bicyclic) bond motifs is 1. The van der Waals surface area contributed by atoms with Gasteiger partial charge in [-0.3, -0.25) is 4.79 Å². The molecule has 0 saturated carbocycles. The third-order valence-corrected chi connectivity index (χ3v) is 2.21. The Morgan fingerprint density at radius 1 is 1.27 bits per heavy atom. The molecule has 0 aliphatic rings. The van der Waals surface area contributed by atoms with Crippen LogP contribution in [0.15, 0.2) is 30.6 Å². The van der Waals surface area contributed by atoms with Crippen LogP contribution in [0.4, 0.5) is 0 Å². The molecule has 4 heteroatoms. The minimum Gasteiger partial charge on any atom is -0.481 e. The molecule has 0 amide bonds. The smallest absolute Gasteiger partial charge is 0.303 e. The van der Waals surface area contributed by atoms with E-state index in [0.717, 1.165) is 10.9 Å². The van der Waals surface area contributed by atoms with Crippen LogP contribution in [-0.4, -0.2) is 21.0 Å². The summed E-state index contributed by atoms with van der Waals surface area (Å²) in [6, 6.07) is 5.58. The Hall–Kier alpha value is -1.97. The Kier molecular flexibility index (Phi) is 2.58. The van der Waals surface area contributed by atoms with Crippen LogP contribution in [0.5, 0.6) is 0 Å². The van der Waals surface area contributed by atoms with E-state index in [9.17, 15) is 4.79 Å². The number of aliphatic carboxylic acids is 1. The van der Waals surface area contributed by atoms with Crippen molar-refractivity contribution in [1.29, 1.82) is 0 Å². The van der Waals surface area contributed by atoms with Gasteiger partial charge >= 0.3 is 5.97 Å². The third-order valence-electron chi connectivity index (χ3n) is 2.21. The lowest BCUT2D eigenvalue weighted by Gasteiger charge is -2.02. The van der Waals surface area contributed by atoms with Crippen molar-refractivity contribution < 1.29 is 9.90 Å². The van der Waals surface area contributed by atoms with Gasteiger partial charge in [-0.15, -0.1) is 0 Å². The van der Waals surface area contributed by atoms with Crippen molar-refractivity contribution in [2.45, 2.75) is 12.8 Å². The summed E-state index contributed by atoms with van der Waals surface area (Å²) in [6.07, 6.45) is 3.98. The van der Waals surface area contributed by atoms with Crippen LogP contribution in [0.3, 0.4) is 0 Å². The molecular formula is C11H10N2O2. The molecule has 0 aromatic carbocycles. The number of carboxylic acids is 1. The predicted molar refractivity (Wildman–Crippen MR) is 55.5 cm³/mol. The summed E-state index contributed by atoms with van der Waals surface area (Å²) >= 11 is 0. The largest absolute Gasteiger partial charge is 0.481 e. The molecule has 1 N–H and O–H groups in total. The topological polar surface area (TPSA) is 63.1 Å². The molecule has 0 aliphatic carbocycles. The molecule has 0 unspecified atom stereocenters. The SMILES string of the molecule is O=C(O)CCc1ccnc2ncccc12. The minimum atomic E-state index is -0.788. The number of pyridine rings is 2. The maximum Gasteiger partial charge on any atom is 0.303 e. The van der Waals surface area contributed by atoms with E-state index in [0.29, 0.717) is 12.1 Å². The van der Waals surface area contributed by atoms with Gasteiger partial charge in [-0.1, -0.05) is 0 Å². The monoisotopic (exact) mass is 202 g/mol. The van der Waals surface area contributed by atoms with Crippen LogP contribution >= 0.6 is 0 Å². The Labute approximate surface area is 86.6 Å². The minimum absolute atomic E-state index is 0.133. The van der Waals surface area contributed by atoms with Gasteiger partial charge < -0.3 is 5.11 Å². The summed E-state index contributed by atoms with van der Waals surface area (Å²) in [5.41, 5.74) is 1.65. The van der Waals surface area contributed by atoms with Gasteiger partial charge in [-0.25, -0.2) is 9.97 Å². The fourth-order valence-electron chi connectivity index (χ4n) is 1.50. The predicted octanol–water partition coefficient (Wildman–Crippen LogP) is 1.65. The fraction of sp³-hybridized carbons (Fsp3) is 0.182. The average molecular weight is 202 g/mol. The quantitative estimate of drug-likeness (QED) is 0.821. The van der Waals surface area contributed by atoms with Crippen molar-refractivity contribution in [3.63, 3.8) is 0 Å². The van der Waals surface area contributed by atoms with Crippen LogP contribution < -0.4 is 0 Å². The molecule has 0 spiro atoms. The van der Waals surface area contributed by atoms with Crippen molar-refractivity contribution in [3.8, 4) is 0 Å². The molecule has 0 radical (unpaired) electrons. The first-order chi connectivity index (χ1) is 7.27. The molecule has 0 fully saturated rings. The Balaban J connectivity index is 2.38. The highest BCUT2D eigenvalue weighted by atomic mass is 16.4. The van der Waals surface area contributed by atoms with Crippen LogP contribution in [-0.2, 0) is 11.2 Å². The number of hydrogen-bond donors (Lipinski definition) is 1. The zero-order valence-electron chi connectivity index (χ0n) is 8.05. The van der Waals surface area contributed by atoms with Crippen molar-refractivity contribution in [2.24, 2.45) is 0 Å². The van der Waals surface area contributed by atoms with Gasteiger partial charge in [0, 0.05) is 24.2 Å². The van der Waals surface area contributed by atoms with Crippen molar-refractivity contribution in [3.05, 3.63) is 36.2 Å². The molecule has 2 aromatic heterocycles.